The number of aliphatic hydroxyl groups is 1. The lowest BCUT2D eigenvalue weighted by Gasteiger charge is -2.49. The maximum Gasteiger partial charge on any atom is 0.253 e. The molecule has 1 spiro atoms. The lowest BCUT2D eigenvalue weighted by Crippen LogP contribution is -2.55. The second-order valence-electron chi connectivity index (χ2n) is 8.94. The van der Waals surface area contributed by atoms with Crippen molar-refractivity contribution in [2.24, 2.45) is 5.41 Å². The minimum atomic E-state index is -0.473. The highest BCUT2D eigenvalue weighted by Crippen LogP contribution is 2.40. The van der Waals surface area contributed by atoms with Crippen LogP contribution in [0.2, 0.25) is 0 Å². The van der Waals surface area contributed by atoms with Crippen molar-refractivity contribution in [3.8, 4) is 11.1 Å². The van der Waals surface area contributed by atoms with Gasteiger partial charge in [-0.05, 0) is 60.4 Å². The number of β-amino-alcohol motifs (C(OH)–C–C–N with tert-alkyl or cyclic N) is 1. The molecule has 2 aliphatic rings. The fourth-order valence-corrected chi connectivity index (χ4v) is 5.01. The Bertz CT molecular complexity index is 930. The molecule has 2 aromatic rings. The number of aliphatic hydroxyl groups excluding tert-OH is 1. The Morgan fingerprint density at radius 1 is 1.00 bits per heavy atom. The average Bonchev–Trinajstić information content (AvgIpc) is 2.74. The summed E-state index contributed by atoms with van der Waals surface area (Å²) in [5, 5.41) is 10.3. The zero-order valence-corrected chi connectivity index (χ0v) is 17.8. The van der Waals surface area contributed by atoms with Gasteiger partial charge in [-0.1, -0.05) is 36.4 Å². The molecule has 5 nitrogen and oxygen atoms in total. The van der Waals surface area contributed by atoms with Gasteiger partial charge in [0, 0.05) is 38.7 Å². The SMILES string of the molecule is CC(=O)N1CC(O)CC2(CCN(C(=O)c3ccc(-c4ccccc4C)cc3)CC2)C1. The van der Waals surface area contributed by atoms with Crippen LogP contribution in [0.4, 0.5) is 0 Å². The first kappa shape index (κ1) is 20.6. The zero-order valence-electron chi connectivity index (χ0n) is 17.8. The molecule has 0 bridgehead atoms. The lowest BCUT2D eigenvalue weighted by atomic mass is 9.71. The summed E-state index contributed by atoms with van der Waals surface area (Å²) in [6, 6.07) is 16.1. The topological polar surface area (TPSA) is 60.9 Å². The molecule has 0 radical (unpaired) electrons. The Labute approximate surface area is 178 Å². The van der Waals surface area contributed by atoms with E-state index < -0.39 is 6.10 Å². The normalized spacial score (nSPS) is 21.0. The fraction of sp³-hybridized carbons (Fsp3) is 0.440. The van der Waals surface area contributed by atoms with Gasteiger partial charge in [0.25, 0.3) is 5.91 Å². The Kier molecular flexibility index (Phi) is 5.65. The predicted molar refractivity (Wildman–Crippen MR) is 117 cm³/mol. The number of carbonyl (C=O) groups excluding carboxylic acids is 2. The first-order valence-electron chi connectivity index (χ1n) is 10.8. The van der Waals surface area contributed by atoms with E-state index in [1.807, 2.05) is 41.3 Å². The molecule has 2 saturated heterocycles. The number of benzene rings is 2. The van der Waals surface area contributed by atoms with Gasteiger partial charge in [0.05, 0.1) is 6.10 Å². The molecule has 2 amide bonds. The number of likely N-dealkylation sites (tertiary alicyclic amines) is 2. The van der Waals surface area contributed by atoms with Crippen LogP contribution in [0.5, 0.6) is 0 Å². The summed E-state index contributed by atoms with van der Waals surface area (Å²) in [4.78, 5) is 28.5. The first-order chi connectivity index (χ1) is 14.4. The standard InChI is InChI=1S/C25H30N2O3/c1-18-5-3-4-6-23(18)20-7-9-21(10-8-20)24(30)26-13-11-25(12-14-26)15-22(29)16-27(17-25)19(2)28/h3-10,22,29H,11-17H2,1-2H3. The Hall–Kier alpha value is -2.66. The quantitative estimate of drug-likeness (QED) is 0.830. The Morgan fingerprint density at radius 2 is 1.67 bits per heavy atom. The summed E-state index contributed by atoms with van der Waals surface area (Å²) in [5.74, 6) is 0.0707. The van der Waals surface area contributed by atoms with Gasteiger partial charge in [-0.2, -0.15) is 0 Å². The van der Waals surface area contributed by atoms with E-state index in [9.17, 15) is 14.7 Å². The van der Waals surface area contributed by atoms with Gasteiger partial charge in [0.2, 0.25) is 5.91 Å². The molecule has 1 atom stereocenters. The lowest BCUT2D eigenvalue weighted by molar-refractivity contribution is -0.137. The van der Waals surface area contributed by atoms with E-state index in [-0.39, 0.29) is 17.2 Å². The van der Waals surface area contributed by atoms with Crippen molar-refractivity contribution in [2.45, 2.75) is 39.2 Å². The van der Waals surface area contributed by atoms with E-state index in [0.717, 1.165) is 18.4 Å². The van der Waals surface area contributed by atoms with Gasteiger partial charge < -0.3 is 14.9 Å². The number of carbonyl (C=O) groups is 2. The van der Waals surface area contributed by atoms with Crippen LogP contribution in [0.25, 0.3) is 11.1 Å². The highest BCUT2D eigenvalue weighted by atomic mass is 16.3. The van der Waals surface area contributed by atoms with E-state index >= 15 is 0 Å². The van der Waals surface area contributed by atoms with Crippen molar-refractivity contribution in [1.82, 2.24) is 9.80 Å². The number of hydrogen-bond acceptors (Lipinski definition) is 3. The molecule has 0 aromatic heterocycles. The maximum atomic E-state index is 13.0. The number of aryl methyl sites for hydroxylation is 1. The van der Waals surface area contributed by atoms with E-state index in [0.29, 0.717) is 38.2 Å². The minimum absolute atomic E-state index is 0.0142. The van der Waals surface area contributed by atoms with E-state index in [1.54, 1.807) is 11.8 Å². The maximum absolute atomic E-state index is 13.0. The van der Waals surface area contributed by atoms with Crippen molar-refractivity contribution < 1.29 is 14.7 Å². The van der Waals surface area contributed by atoms with Crippen molar-refractivity contribution in [3.63, 3.8) is 0 Å². The van der Waals surface area contributed by atoms with Crippen molar-refractivity contribution in [3.05, 3.63) is 59.7 Å². The first-order valence-corrected chi connectivity index (χ1v) is 10.8. The van der Waals surface area contributed by atoms with Crippen molar-refractivity contribution in [2.75, 3.05) is 26.2 Å². The van der Waals surface area contributed by atoms with E-state index in [2.05, 4.69) is 19.1 Å². The van der Waals surface area contributed by atoms with Crippen LogP contribution >= 0.6 is 0 Å². The van der Waals surface area contributed by atoms with Crippen molar-refractivity contribution >= 4 is 11.8 Å². The van der Waals surface area contributed by atoms with Crippen LogP contribution in [0.15, 0.2) is 48.5 Å². The monoisotopic (exact) mass is 406 g/mol. The molecular weight excluding hydrogens is 376 g/mol. The molecule has 1 unspecified atom stereocenters. The number of rotatable bonds is 2. The zero-order chi connectivity index (χ0) is 21.3. The molecule has 2 heterocycles. The molecule has 2 fully saturated rings. The molecule has 2 aromatic carbocycles. The summed E-state index contributed by atoms with van der Waals surface area (Å²) in [6.45, 7) is 6.09. The summed E-state index contributed by atoms with van der Waals surface area (Å²) < 4.78 is 0. The van der Waals surface area contributed by atoms with Gasteiger partial charge in [-0.25, -0.2) is 0 Å². The van der Waals surface area contributed by atoms with Crippen molar-refractivity contribution in [1.29, 1.82) is 0 Å². The fourth-order valence-electron chi connectivity index (χ4n) is 5.01. The highest BCUT2D eigenvalue weighted by Gasteiger charge is 2.43. The van der Waals surface area contributed by atoms with Gasteiger partial charge in [-0.3, -0.25) is 9.59 Å². The molecule has 0 saturated carbocycles. The van der Waals surface area contributed by atoms with E-state index in [1.165, 1.54) is 11.1 Å². The average molecular weight is 407 g/mol. The van der Waals surface area contributed by atoms with Gasteiger partial charge in [0.1, 0.15) is 0 Å². The molecule has 158 valence electrons. The van der Waals surface area contributed by atoms with Crippen LogP contribution < -0.4 is 0 Å². The minimum Gasteiger partial charge on any atom is -0.391 e. The molecule has 4 rings (SSSR count). The smallest absolute Gasteiger partial charge is 0.253 e. The molecule has 5 heteroatoms. The number of amides is 2. The van der Waals surface area contributed by atoms with Crippen LogP contribution in [-0.4, -0.2) is 59.0 Å². The predicted octanol–water partition coefficient (Wildman–Crippen LogP) is 3.50. The van der Waals surface area contributed by atoms with Crippen LogP contribution in [0.1, 0.15) is 42.1 Å². The Balaban J connectivity index is 1.42. The second kappa shape index (κ2) is 8.23. The van der Waals surface area contributed by atoms with Gasteiger partial charge in [-0.15, -0.1) is 0 Å². The Morgan fingerprint density at radius 3 is 2.30 bits per heavy atom. The summed E-state index contributed by atoms with van der Waals surface area (Å²) in [5.41, 5.74) is 4.14. The molecule has 0 aliphatic carbocycles. The van der Waals surface area contributed by atoms with Gasteiger partial charge >= 0.3 is 0 Å². The number of nitrogens with zero attached hydrogens (tertiary/aromatic N) is 2. The largest absolute Gasteiger partial charge is 0.391 e. The molecule has 30 heavy (non-hydrogen) atoms. The molecular formula is C25H30N2O3. The van der Waals surface area contributed by atoms with E-state index in [4.69, 9.17) is 0 Å². The van der Waals surface area contributed by atoms with Crippen LogP contribution in [0.3, 0.4) is 0 Å². The number of piperidine rings is 2. The number of hydrogen-bond donors (Lipinski definition) is 1. The summed E-state index contributed by atoms with van der Waals surface area (Å²) >= 11 is 0. The summed E-state index contributed by atoms with van der Waals surface area (Å²) in [7, 11) is 0. The highest BCUT2D eigenvalue weighted by molar-refractivity contribution is 5.94. The second-order valence-corrected chi connectivity index (χ2v) is 8.94. The summed E-state index contributed by atoms with van der Waals surface area (Å²) in [6.07, 6.45) is 1.88. The van der Waals surface area contributed by atoms with Gasteiger partial charge in [0.15, 0.2) is 0 Å². The third-order valence-electron chi connectivity index (χ3n) is 6.77. The third kappa shape index (κ3) is 4.12. The van der Waals surface area contributed by atoms with Crippen LogP contribution in [0, 0.1) is 12.3 Å². The van der Waals surface area contributed by atoms with Crippen LogP contribution in [-0.2, 0) is 4.79 Å². The molecule has 1 N–H and O–H groups in total. The molecule has 2 aliphatic heterocycles. The third-order valence-corrected chi connectivity index (χ3v) is 6.77.